The van der Waals surface area contributed by atoms with E-state index in [4.69, 9.17) is 10.8 Å². The molecule has 5 aliphatic rings. The van der Waals surface area contributed by atoms with E-state index in [0.29, 0.717) is 30.5 Å². The van der Waals surface area contributed by atoms with E-state index in [1.54, 1.807) is 12.3 Å². The number of halogens is 1. The summed E-state index contributed by atoms with van der Waals surface area (Å²) in [5.41, 5.74) is 11.0. The van der Waals surface area contributed by atoms with E-state index in [2.05, 4.69) is 58.5 Å². The molecule has 7 rings (SSSR count). The van der Waals surface area contributed by atoms with Crippen LogP contribution < -0.4 is 5.73 Å². The topological polar surface area (TPSA) is 105 Å². The molecule has 4 N–H and O–H groups in total. The third-order valence-electron chi connectivity index (χ3n) is 14.4. The molecule has 7 heteroatoms. The van der Waals surface area contributed by atoms with E-state index in [1.165, 1.54) is 11.1 Å². The molecule has 2 aromatic heterocycles. The first-order chi connectivity index (χ1) is 20.0. The summed E-state index contributed by atoms with van der Waals surface area (Å²) < 4.78 is 14.9. The van der Waals surface area contributed by atoms with Gasteiger partial charge in [-0.2, -0.15) is 9.49 Å². The minimum Gasteiger partial charge on any atom is -0.481 e. The summed E-state index contributed by atoms with van der Waals surface area (Å²) in [6.45, 7) is 16.7. The van der Waals surface area contributed by atoms with Gasteiger partial charge >= 0.3 is 5.97 Å². The maximum atomic E-state index is 14.9. The van der Waals surface area contributed by atoms with Crippen molar-refractivity contribution in [3.8, 4) is 0 Å². The van der Waals surface area contributed by atoms with Crippen LogP contribution in [0.15, 0.2) is 23.9 Å². The molecule has 43 heavy (non-hydrogen) atoms. The summed E-state index contributed by atoms with van der Waals surface area (Å²) >= 11 is 0. The second-order valence-electron chi connectivity index (χ2n) is 17.1. The maximum absolute atomic E-state index is 14.9. The van der Waals surface area contributed by atoms with E-state index in [0.717, 1.165) is 61.8 Å². The summed E-state index contributed by atoms with van der Waals surface area (Å²) in [6, 6.07) is 3.55. The molecule has 3 saturated carbocycles. The van der Waals surface area contributed by atoms with Crippen LogP contribution in [-0.2, 0) is 16.6 Å². The molecule has 0 spiro atoms. The Balaban J connectivity index is 1.49. The van der Waals surface area contributed by atoms with Gasteiger partial charge in [-0.3, -0.25) is 9.89 Å². The zero-order chi connectivity index (χ0) is 31.0. The van der Waals surface area contributed by atoms with Crippen LogP contribution in [0, 0.1) is 50.8 Å². The van der Waals surface area contributed by atoms with Gasteiger partial charge in [0.05, 0.1) is 11.1 Å². The maximum Gasteiger partial charge on any atom is 0.310 e. The Labute approximate surface area is 255 Å². The SMILES string of the molecule is CC1(C)CCC2(C(=O)O)CCC3(C)C(=C(c4ccnc(F)c4)CC4C5(C)Cc6c(n[nH]c6N)C(C)(C)C5CCC43C)C2C1. The van der Waals surface area contributed by atoms with Gasteiger partial charge in [0, 0.05) is 23.2 Å². The number of allylic oxidation sites excluding steroid dienone is 2. The van der Waals surface area contributed by atoms with Gasteiger partial charge in [0.2, 0.25) is 5.95 Å². The molecule has 7 unspecified atom stereocenters. The van der Waals surface area contributed by atoms with Crippen molar-refractivity contribution in [2.45, 2.75) is 112 Å². The van der Waals surface area contributed by atoms with Crippen molar-refractivity contribution < 1.29 is 14.3 Å². The average molecular weight is 589 g/mol. The minimum absolute atomic E-state index is 0.0407. The highest BCUT2D eigenvalue weighted by atomic mass is 19.1. The van der Waals surface area contributed by atoms with Crippen molar-refractivity contribution in [3.63, 3.8) is 0 Å². The third-order valence-corrected chi connectivity index (χ3v) is 14.4. The van der Waals surface area contributed by atoms with Crippen molar-refractivity contribution >= 4 is 17.4 Å². The van der Waals surface area contributed by atoms with Crippen LogP contribution in [0.5, 0.6) is 0 Å². The number of hydrogen-bond donors (Lipinski definition) is 3. The number of carboxylic acids is 1. The molecule has 5 aliphatic carbocycles. The highest BCUT2D eigenvalue weighted by molar-refractivity contribution is 5.80. The fourth-order valence-corrected chi connectivity index (χ4v) is 12.0. The summed E-state index contributed by atoms with van der Waals surface area (Å²) in [7, 11) is 0. The van der Waals surface area contributed by atoms with Gasteiger partial charge in [-0.15, -0.1) is 0 Å². The molecule has 3 fully saturated rings. The second kappa shape index (κ2) is 8.72. The number of H-pyrrole nitrogens is 1. The number of aromatic nitrogens is 3. The molecule has 0 aromatic carbocycles. The number of hydrogen-bond acceptors (Lipinski definition) is 4. The van der Waals surface area contributed by atoms with E-state index in [1.807, 2.05) is 6.07 Å². The Morgan fingerprint density at radius 2 is 1.77 bits per heavy atom. The van der Waals surface area contributed by atoms with Crippen LogP contribution in [0.2, 0.25) is 0 Å². The van der Waals surface area contributed by atoms with Crippen molar-refractivity contribution in [2.24, 2.45) is 44.8 Å². The van der Waals surface area contributed by atoms with Crippen LogP contribution in [0.1, 0.15) is 117 Å². The first-order valence-electron chi connectivity index (χ1n) is 16.4. The number of nitrogens with one attached hydrogen (secondary N) is 1. The summed E-state index contributed by atoms with van der Waals surface area (Å²) in [4.78, 5) is 17.2. The smallest absolute Gasteiger partial charge is 0.310 e. The van der Waals surface area contributed by atoms with Gasteiger partial charge in [0.15, 0.2) is 0 Å². The number of rotatable bonds is 2. The van der Waals surface area contributed by atoms with Crippen molar-refractivity contribution in [1.82, 2.24) is 15.2 Å². The number of nitrogens with two attached hydrogens (primary N) is 1. The number of fused-ring (bicyclic) bond motifs is 8. The fraction of sp³-hybridized carbons (Fsp3) is 0.694. The molecule has 0 amide bonds. The first-order valence-corrected chi connectivity index (χ1v) is 16.4. The first kappa shape index (κ1) is 29.0. The Morgan fingerprint density at radius 3 is 2.47 bits per heavy atom. The number of pyridine rings is 1. The summed E-state index contributed by atoms with van der Waals surface area (Å²) in [5.74, 6) is 0.215. The van der Waals surface area contributed by atoms with Crippen LogP contribution in [-0.4, -0.2) is 26.3 Å². The molecule has 2 heterocycles. The van der Waals surface area contributed by atoms with Crippen LogP contribution in [0.25, 0.3) is 5.57 Å². The standard InChI is InChI=1S/C36H49FN4O2/c1-31(2)11-13-36(30(42)43)14-12-35(7)27(23(36)19-31)21(20-9-15-39-26(37)16-20)17-25-33(5)18-22-28(40-41-29(22)38)32(3,4)24(33)8-10-34(25,35)6/h9,15-16,23-25H,8,10-14,17-19H2,1-7H3,(H,42,43)(H3,38,40,41). The Kier molecular flexibility index (Phi) is 5.89. The lowest BCUT2D eigenvalue weighted by Gasteiger charge is -2.71. The number of nitrogen functional groups attached to an aromatic ring is 1. The van der Waals surface area contributed by atoms with Gasteiger partial charge < -0.3 is 10.8 Å². The summed E-state index contributed by atoms with van der Waals surface area (Å²) in [6.07, 6.45) is 9.48. The lowest BCUT2D eigenvalue weighted by molar-refractivity contribution is -0.175. The molecule has 0 bridgehead atoms. The Morgan fingerprint density at radius 1 is 1.05 bits per heavy atom. The monoisotopic (exact) mass is 588 g/mol. The molecule has 0 saturated heterocycles. The predicted octanol–water partition coefficient (Wildman–Crippen LogP) is 7.95. The largest absolute Gasteiger partial charge is 0.481 e. The molecule has 0 aliphatic heterocycles. The van der Waals surface area contributed by atoms with E-state index in [9.17, 15) is 14.3 Å². The van der Waals surface area contributed by atoms with Gasteiger partial charge in [-0.1, -0.05) is 54.0 Å². The molecular weight excluding hydrogens is 539 g/mol. The van der Waals surface area contributed by atoms with Crippen molar-refractivity contribution in [1.29, 1.82) is 0 Å². The van der Waals surface area contributed by atoms with Crippen molar-refractivity contribution in [3.05, 3.63) is 46.7 Å². The number of aromatic amines is 1. The number of carboxylic acid groups (broad SMARTS) is 1. The average Bonchev–Trinajstić information content (AvgIpc) is 3.28. The number of nitrogens with zero attached hydrogens (tertiary/aromatic N) is 2. The number of aliphatic carboxylic acids is 1. The lowest BCUT2D eigenvalue weighted by atomic mass is 9.33. The van der Waals surface area contributed by atoms with Crippen LogP contribution >= 0.6 is 0 Å². The van der Waals surface area contributed by atoms with E-state index in [-0.39, 0.29) is 33.0 Å². The molecule has 0 radical (unpaired) electrons. The normalized spacial score (nSPS) is 40.9. The molecule has 2 aromatic rings. The van der Waals surface area contributed by atoms with Gasteiger partial charge in [-0.05, 0) is 114 Å². The number of anilines is 1. The molecular formula is C36H49FN4O2. The minimum atomic E-state index is -0.765. The Hall–Kier alpha value is -2.70. The Bertz CT molecular complexity index is 1560. The van der Waals surface area contributed by atoms with Crippen LogP contribution in [0.3, 0.4) is 0 Å². The van der Waals surface area contributed by atoms with Crippen molar-refractivity contribution in [2.75, 3.05) is 5.73 Å². The zero-order valence-corrected chi connectivity index (χ0v) is 27.0. The summed E-state index contributed by atoms with van der Waals surface area (Å²) in [5, 5.41) is 18.7. The highest BCUT2D eigenvalue weighted by Gasteiger charge is 2.70. The lowest BCUT2D eigenvalue weighted by Crippen LogP contribution is -2.65. The molecule has 232 valence electrons. The third kappa shape index (κ3) is 3.60. The fourth-order valence-electron chi connectivity index (χ4n) is 12.0. The second-order valence-corrected chi connectivity index (χ2v) is 17.1. The van der Waals surface area contributed by atoms with Gasteiger partial charge in [-0.25, -0.2) is 4.98 Å². The highest BCUT2D eigenvalue weighted by Crippen LogP contribution is 2.77. The number of carbonyl (C=O) groups is 1. The van der Waals surface area contributed by atoms with E-state index >= 15 is 0 Å². The molecule has 6 nitrogen and oxygen atoms in total. The van der Waals surface area contributed by atoms with Gasteiger partial charge in [0.25, 0.3) is 0 Å². The van der Waals surface area contributed by atoms with E-state index < -0.39 is 17.3 Å². The predicted molar refractivity (Wildman–Crippen MR) is 166 cm³/mol. The van der Waals surface area contributed by atoms with Gasteiger partial charge in [0.1, 0.15) is 5.82 Å². The van der Waals surface area contributed by atoms with Crippen LogP contribution in [0.4, 0.5) is 10.2 Å². The molecule has 7 atom stereocenters. The quantitative estimate of drug-likeness (QED) is 0.309. The zero-order valence-electron chi connectivity index (χ0n) is 27.0.